The fourth-order valence-electron chi connectivity index (χ4n) is 2.03. The summed E-state index contributed by atoms with van der Waals surface area (Å²) in [5.41, 5.74) is 1.07. The predicted octanol–water partition coefficient (Wildman–Crippen LogP) is 1.99. The van der Waals surface area contributed by atoms with E-state index in [0.717, 1.165) is 31.2 Å². The molecular weight excluding hydrogens is 229 g/mol. The van der Waals surface area contributed by atoms with Gasteiger partial charge in [0.05, 0.1) is 6.54 Å². The molecule has 98 valence electrons. The summed E-state index contributed by atoms with van der Waals surface area (Å²) in [6.45, 7) is 6.89. The zero-order valence-corrected chi connectivity index (χ0v) is 11.2. The first-order valence-electron chi connectivity index (χ1n) is 6.24. The van der Waals surface area contributed by atoms with Gasteiger partial charge in [-0.25, -0.2) is 4.39 Å². The van der Waals surface area contributed by atoms with Gasteiger partial charge in [-0.05, 0) is 17.7 Å². The molecule has 1 aliphatic rings. The van der Waals surface area contributed by atoms with E-state index < -0.39 is 0 Å². The van der Waals surface area contributed by atoms with E-state index in [1.54, 1.807) is 0 Å². The van der Waals surface area contributed by atoms with E-state index in [4.69, 9.17) is 0 Å². The molecule has 1 aromatic carbocycles. The van der Waals surface area contributed by atoms with E-state index in [0.29, 0.717) is 0 Å². The summed E-state index contributed by atoms with van der Waals surface area (Å²) in [5, 5.41) is 3.37. The van der Waals surface area contributed by atoms with Gasteiger partial charge < -0.3 is 10.2 Å². The van der Waals surface area contributed by atoms with Crippen LogP contribution in [-0.4, -0.2) is 37.5 Å². The van der Waals surface area contributed by atoms with Crippen LogP contribution >= 0.6 is 0 Å². The van der Waals surface area contributed by atoms with Crippen LogP contribution in [0.25, 0.3) is 0 Å². The molecule has 0 fully saturated rings. The Morgan fingerprint density at radius 3 is 2.56 bits per heavy atom. The molecule has 4 heteroatoms. The fraction of sp³-hybridized carbons (Fsp3) is 0.500. The van der Waals surface area contributed by atoms with Crippen LogP contribution in [0, 0.1) is 5.82 Å². The summed E-state index contributed by atoms with van der Waals surface area (Å²) < 4.78 is 12.9. The summed E-state index contributed by atoms with van der Waals surface area (Å²) in [4.78, 5) is 6.51. The van der Waals surface area contributed by atoms with E-state index in [1.807, 2.05) is 19.2 Å². The minimum absolute atomic E-state index is 0.0559. The summed E-state index contributed by atoms with van der Waals surface area (Å²) in [6.07, 6.45) is 0. The van der Waals surface area contributed by atoms with E-state index in [9.17, 15) is 4.39 Å². The number of benzene rings is 1. The SMILES string of the molecule is CN1CCN=C1NCC(C)(C)c1ccc(F)cc1. The number of hydrogen-bond acceptors (Lipinski definition) is 3. The highest BCUT2D eigenvalue weighted by atomic mass is 19.1. The van der Waals surface area contributed by atoms with Gasteiger partial charge >= 0.3 is 0 Å². The van der Waals surface area contributed by atoms with Gasteiger partial charge in [0.2, 0.25) is 0 Å². The zero-order valence-electron chi connectivity index (χ0n) is 11.2. The van der Waals surface area contributed by atoms with Gasteiger partial charge in [0, 0.05) is 25.6 Å². The van der Waals surface area contributed by atoms with Crippen LogP contribution in [0.3, 0.4) is 0 Å². The average Bonchev–Trinajstić information content (AvgIpc) is 2.73. The Morgan fingerprint density at radius 2 is 2.00 bits per heavy atom. The molecule has 18 heavy (non-hydrogen) atoms. The lowest BCUT2D eigenvalue weighted by Crippen LogP contribution is -2.42. The molecule has 3 nitrogen and oxygen atoms in total. The lowest BCUT2D eigenvalue weighted by atomic mass is 9.84. The highest BCUT2D eigenvalue weighted by Gasteiger charge is 2.22. The summed E-state index contributed by atoms with van der Waals surface area (Å²) in [6, 6.07) is 6.71. The van der Waals surface area contributed by atoms with E-state index >= 15 is 0 Å². The Balaban J connectivity index is 2.00. The van der Waals surface area contributed by atoms with Crippen LogP contribution in [0.1, 0.15) is 19.4 Å². The second-order valence-corrected chi connectivity index (χ2v) is 5.37. The van der Waals surface area contributed by atoms with Crippen molar-refractivity contribution >= 4 is 5.96 Å². The standard InChI is InChI=1S/C14H20FN3/c1-14(2,11-4-6-12(15)7-5-11)10-17-13-16-8-9-18(13)3/h4-7H,8-10H2,1-3H3,(H,16,17). The van der Waals surface area contributed by atoms with Crippen molar-refractivity contribution in [3.8, 4) is 0 Å². The van der Waals surface area contributed by atoms with Crippen molar-refractivity contribution in [1.82, 2.24) is 10.2 Å². The van der Waals surface area contributed by atoms with Gasteiger partial charge in [0.15, 0.2) is 5.96 Å². The first kappa shape index (κ1) is 12.9. The third-order valence-corrected chi connectivity index (χ3v) is 3.37. The first-order chi connectivity index (χ1) is 8.49. The molecule has 1 aromatic rings. The van der Waals surface area contributed by atoms with Crippen molar-refractivity contribution in [2.45, 2.75) is 19.3 Å². The van der Waals surface area contributed by atoms with Crippen LogP contribution in [0.4, 0.5) is 4.39 Å². The van der Waals surface area contributed by atoms with Crippen molar-refractivity contribution in [3.63, 3.8) is 0 Å². The third kappa shape index (κ3) is 2.81. The van der Waals surface area contributed by atoms with Crippen LogP contribution in [0.5, 0.6) is 0 Å². The molecule has 0 unspecified atom stereocenters. The normalized spacial score (nSPS) is 15.8. The molecule has 2 rings (SSSR count). The van der Waals surface area contributed by atoms with Gasteiger partial charge in [-0.1, -0.05) is 26.0 Å². The molecule has 0 aliphatic carbocycles. The molecule has 1 N–H and O–H groups in total. The number of likely N-dealkylation sites (N-methyl/N-ethyl adjacent to an activating group) is 1. The van der Waals surface area contributed by atoms with Crippen molar-refractivity contribution in [2.75, 3.05) is 26.7 Å². The maximum Gasteiger partial charge on any atom is 0.193 e. The molecular formula is C14H20FN3. The van der Waals surface area contributed by atoms with Gasteiger partial charge in [0.1, 0.15) is 5.82 Å². The minimum Gasteiger partial charge on any atom is -0.355 e. The molecule has 1 heterocycles. The lowest BCUT2D eigenvalue weighted by Gasteiger charge is -2.27. The molecule has 0 atom stereocenters. The van der Waals surface area contributed by atoms with Crippen LogP contribution in [-0.2, 0) is 5.41 Å². The monoisotopic (exact) mass is 249 g/mol. The van der Waals surface area contributed by atoms with Crippen molar-refractivity contribution in [1.29, 1.82) is 0 Å². The highest BCUT2D eigenvalue weighted by molar-refractivity contribution is 5.81. The number of nitrogens with zero attached hydrogens (tertiary/aromatic N) is 2. The molecule has 0 saturated carbocycles. The van der Waals surface area contributed by atoms with E-state index in [2.05, 4.69) is 29.1 Å². The Kier molecular flexibility index (Phi) is 3.55. The first-order valence-corrected chi connectivity index (χ1v) is 6.24. The zero-order chi connectivity index (χ0) is 13.2. The number of rotatable bonds is 3. The van der Waals surface area contributed by atoms with Crippen molar-refractivity contribution < 1.29 is 4.39 Å². The smallest absolute Gasteiger partial charge is 0.193 e. The highest BCUT2D eigenvalue weighted by Crippen LogP contribution is 2.22. The Morgan fingerprint density at radius 1 is 1.33 bits per heavy atom. The van der Waals surface area contributed by atoms with Crippen LogP contribution in [0.2, 0.25) is 0 Å². The molecule has 0 radical (unpaired) electrons. The molecule has 0 bridgehead atoms. The molecule has 0 amide bonds. The molecule has 0 saturated heterocycles. The van der Waals surface area contributed by atoms with Crippen LogP contribution < -0.4 is 5.32 Å². The summed E-state index contributed by atoms with van der Waals surface area (Å²) in [7, 11) is 2.03. The summed E-state index contributed by atoms with van der Waals surface area (Å²) >= 11 is 0. The quantitative estimate of drug-likeness (QED) is 0.887. The van der Waals surface area contributed by atoms with Gasteiger partial charge in [-0.15, -0.1) is 0 Å². The maximum absolute atomic E-state index is 12.9. The minimum atomic E-state index is -0.192. The topological polar surface area (TPSA) is 27.6 Å². The van der Waals surface area contributed by atoms with Gasteiger partial charge in [-0.3, -0.25) is 4.99 Å². The Bertz CT molecular complexity index is 437. The predicted molar refractivity (Wildman–Crippen MR) is 72.4 cm³/mol. The number of nitrogens with one attached hydrogen (secondary N) is 1. The number of hydrogen-bond donors (Lipinski definition) is 1. The fourth-order valence-corrected chi connectivity index (χ4v) is 2.03. The van der Waals surface area contributed by atoms with E-state index in [1.165, 1.54) is 12.1 Å². The largest absolute Gasteiger partial charge is 0.355 e. The second-order valence-electron chi connectivity index (χ2n) is 5.37. The molecule has 1 aliphatic heterocycles. The Labute approximate surface area is 108 Å². The number of aliphatic imine (C=N–C) groups is 1. The van der Waals surface area contributed by atoms with Gasteiger partial charge in [-0.2, -0.15) is 0 Å². The molecule has 0 spiro atoms. The number of guanidine groups is 1. The Hall–Kier alpha value is -1.58. The third-order valence-electron chi connectivity index (χ3n) is 3.37. The second kappa shape index (κ2) is 4.96. The summed E-state index contributed by atoms with van der Waals surface area (Å²) in [5.74, 6) is 0.757. The van der Waals surface area contributed by atoms with E-state index in [-0.39, 0.29) is 11.2 Å². The molecule has 0 aromatic heterocycles. The maximum atomic E-state index is 12.9. The lowest BCUT2D eigenvalue weighted by molar-refractivity contribution is 0.480. The van der Waals surface area contributed by atoms with Crippen molar-refractivity contribution in [2.24, 2.45) is 4.99 Å². The van der Waals surface area contributed by atoms with Gasteiger partial charge in [0.25, 0.3) is 0 Å². The average molecular weight is 249 g/mol. The number of halogens is 1. The van der Waals surface area contributed by atoms with Crippen molar-refractivity contribution in [3.05, 3.63) is 35.6 Å². The van der Waals surface area contributed by atoms with Crippen LogP contribution in [0.15, 0.2) is 29.3 Å².